The second kappa shape index (κ2) is 3.47. The van der Waals surface area contributed by atoms with Gasteiger partial charge in [0.15, 0.2) is 0 Å². The first kappa shape index (κ1) is 9.86. The molecular formula is C10H10ClN3O. The lowest BCUT2D eigenvalue weighted by Crippen LogP contribution is -1.89. The Morgan fingerprint density at radius 3 is 2.80 bits per heavy atom. The number of nitrogens with zero attached hydrogens (tertiary/aromatic N) is 1. The summed E-state index contributed by atoms with van der Waals surface area (Å²) in [6.07, 6.45) is 1.54. The van der Waals surface area contributed by atoms with E-state index in [1.54, 1.807) is 19.1 Å². The van der Waals surface area contributed by atoms with Crippen LogP contribution in [-0.4, -0.2) is 15.3 Å². The third kappa shape index (κ3) is 1.53. The average molecular weight is 224 g/mol. The Hall–Kier alpha value is -1.68. The largest absolute Gasteiger partial charge is 0.507 e. The van der Waals surface area contributed by atoms with Gasteiger partial charge >= 0.3 is 0 Å². The smallest absolute Gasteiger partial charge is 0.128 e. The van der Waals surface area contributed by atoms with E-state index in [4.69, 9.17) is 17.3 Å². The Morgan fingerprint density at radius 1 is 1.47 bits per heavy atom. The number of benzene rings is 1. The first-order valence-electron chi connectivity index (χ1n) is 4.38. The number of rotatable bonds is 1. The molecule has 0 amide bonds. The van der Waals surface area contributed by atoms with E-state index in [1.165, 1.54) is 6.20 Å². The minimum Gasteiger partial charge on any atom is -0.507 e. The number of halogens is 1. The normalized spacial score (nSPS) is 10.5. The highest BCUT2D eigenvalue weighted by Crippen LogP contribution is 2.39. The molecule has 2 aromatic rings. The number of aromatic hydroxyl groups is 1. The second-order valence-electron chi connectivity index (χ2n) is 3.29. The van der Waals surface area contributed by atoms with Crippen LogP contribution in [0, 0.1) is 6.92 Å². The third-order valence-corrected chi connectivity index (χ3v) is 2.58. The van der Waals surface area contributed by atoms with Crippen molar-refractivity contribution in [3.63, 3.8) is 0 Å². The first-order valence-corrected chi connectivity index (χ1v) is 4.76. The van der Waals surface area contributed by atoms with Gasteiger partial charge in [-0.1, -0.05) is 17.7 Å². The Labute approximate surface area is 91.7 Å². The zero-order chi connectivity index (χ0) is 11.0. The Morgan fingerprint density at radius 2 is 2.20 bits per heavy atom. The summed E-state index contributed by atoms with van der Waals surface area (Å²) >= 11 is 6.01. The fourth-order valence-corrected chi connectivity index (χ4v) is 1.68. The van der Waals surface area contributed by atoms with Crippen LogP contribution in [0.5, 0.6) is 5.75 Å². The molecule has 0 bridgehead atoms. The van der Waals surface area contributed by atoms with E-state index in [9.17, 15) is 5.11 Å². The van der Waals surface area contributed by atoms with E-state index in [-0.39, 0.29) is 5.75 Å². The molecule has 0 unspecified atom stereocenters. The maximum atomic E-state index is 9.89. The van der Waals surface area contributed by atoms with Gasteiger partial charge < -0.3 is 10.8 Å². The maximum Gasteiger partial charge on any atom is 0.128 e. The predicted octanol–water partition coefficient (Wildman–Crippen LogP) is 2.33. The van der Waals surface area contributed by atoms with Crippen LogP contribution in [0.3, 0.4) is 0 Å². The molecule has 4 N–H and O–H groups in total. The number of aromatic amines is 1. The number of nitrogens with one attached hydrogen (secondary N) is 1. The van der Waals surface area contributed by atoms with Crippen LogP contribution >= 0.6 is 11.6 Å². The number of anilines is 1. The summed E-state index contributed by atoms with van der Waals surface area (Å²) in [4.78, 5) is 0. The number of nitrogen functional groups attached to an aromatic ring is 1. The van der Waals surface area contributed by atoms with E-state index >= 15 is 0 Å². The van der Waals surface area contributed by atoms with E-state index in [1.807, 2.05) is 0 Å². The third-order valence-electron chi connectivity index (χ3n) is 2.27. The Balaban J connectivity index is 2.72. The van der Waals surface area contributed by atoms with Crippen molar-refractivity contribution in [2.75, 3.05) is 5.73 Å². The minimum absolute atomic E-state index is 0.135. The van der Waals surface area contributed by atoms with E-state index in [0.717, 1.165) is 5.56 Å². The summed E-state index contributed by atoms with van der Waals surface area (Å²) in [6.45, 7) is 1.80. The standard InChI is InChI=1S/C10H10ClN3O/c1-5-2-3-7(11)8(9(5)15)6-4-13-14-10(6)12/h2-4,15H,1H3,(H3,12,13,14). The summed E-state index contributed by atoms with van der Waals surface area (Å²) in [5, 5.41) is 16.7. The van der Waals surface area contributed by atoms with Crippen molar-refractivity contribution < 1.29 is 5.11 Å². The van der Waals surface area contributed by atoms with Gasteiger partial charge in [0.1, 0.15) is 11.6 Å². The number of H-pyrrole nitrogens is 1. The van der Waals surface area contributed by atoms with Crippen LogP contribution in [0.1, 0.15) is 5.56 Å². The number of aromatic nitrogens is 2. The molecule has 4 nitrogen and oxygen atoms in total. The lowest BCUT2D eigenvalue weighted by Gasteiger charge is -2.08. The fourth-order valence-electron chi connectivity index (χ4n) is 1.42. The van der Waals surface area contributed by atoms with Gasteiger partial charge in [-0.2, -0.15) is 5.10 Å². The molecule has 0 saturated heterocycles. The van der Waals surface area contributed by atoms with Crippen molar-refractivity contribution in [3.05, 3.63) is 28.9 Å². The number of phenolic OH excluding ortho intramolecular Hbond substituents is 1. The monoisotopic (exact) mass is 223 g/mol. The van der Waals surface area contributed by atoms with Crippen molar-refractivity contribution in [2.45, 2.75) is 6.92 Å². The van der Waals surface area contributed by atoms with E-state index < -0.39 is 0 Å². The van der Waals surface area contributed by atoms with Crippen LogP contribution in [0.25, 0.3) is 11.1 Å². The molecule has 0 atom stereocenters. The van der Waals surface area contributed by atoms with E-state index in [0.29, 0.717) is 22.0 Å². The summed E-state index contributed by atoms with van der Waals surface area (Å²) in [5.41, 5.74) is 7.55. The summed E-state index contributed by atoms with van der Waals surface area (Å²) in [6, 6.07) is 3.47. The van der Waals surface area contributed by atoms with Gasteiger partial charge in [0, 0.05) is 11.1 Å². The van der Waals surface area contributed by atoms with Crippen LogP contribution in [0.2, 0.25) is 5.02 Å². The van der Waals surface area contributed by atoms with Crippen LogP contribution in [-0.2, 0) is 0 Å². The Kier molecular flexibility index (Phi) is 2.28. The SMILES string of the molecule is Cc1ccc(Cl)c(-c2cn[nH]c2N)c1O. The molecule has 1 heterocycles. The van der Waals surface area contributed by atoms with Gasteiger partial charge in [-0.15, -0.1) is 0 Å². The number of nitrogens with two attached hydrogens (primary N) is 1. The molecule has 0 radical (unpaired) electrons. The summed E-state index contributed by atoms with van der Waals surface area (Å²) in [5.74, 6) is 0.522. The molecule has 15 heavy (non-hydrogen) atoms. The van der Waals surface area contributed by atoms with Crippen LogP contribution in [0.15, 0.2) is 18.3 Å². The molecule has 1 aromatic heterocycles. The molecule has 0 fully saturated rings. The van der Waals surface area contributed by atoms with Crippen molar-refractivity contribution in [2.24, 2.45) is 0 Å². The molecular weight excluding hydrogens is 214 g/mol. The van der Waals surface area contributed by atoms with Gasteiger partial charge in [-0.25, -0.2) is 0 Å². The lowest BCUT2D eigenvalue weighted by molar-refractivity contribution is 0.473. The highest BCUT2D eigenvalue weighted by atomic mass is 35.5. The molecule has 0 aliphatic heterocycles. The highest BCUT2D eigenvalue weighted by molar-refractivity contribution is 6.34. The first-order chi connectivity index (χ1) is 7.11. The number of phenols is 1. The van der Waals surface area contributed by atoms with Gasteiger partial charge in [-0.3, -0.25) is 5.10 Å². The van der Waals surface area contributed by atoms with Gasteiger partial charge in [-0.05, 0) is 18.6 Å². The number of hydrogen-bond donors (Lipinski definition) is 3. The molecule has 0 aliphatic rings. The summed E-state index contributed by atoms with van der Waals surface area (Å²) in [7, 11) is 0. The minimum atomic E-state index is 0.135. The average Bonchev–Trinajstić information content (AvgIpc) is 2.60. The zero-order valence-corrected chi connectivity index (χ0v) is 8.84. The quantitative estimate of drug-likeness (QED) is 0.695. The maximum absolute atomic E-state index is 9.89. The van der Waals surface area contributed by atoms with Crippen molar-refractivity contribution in [3.8, 4) is 16.9 Å². The highest BCUT2D eigenvalue weighted by Gasteiger charge is 2.15. The van der Waals surface area contributed by atoms with Gasteiger partial charge in [0.25, 0.3) is 0 Å². The number of hydrogen-bond acceptors (Lipinski definition) is 3. The van der Waals surface area contributed by atoms with Crippen LogP contribution < -0.4 is 5.73 Å². The fraction of sp³-hybridized carbons (Fsp3) is 0.100. The van der Waals surface area contributed by atoms with Crippen molar-refractivity contribution >= 4 is 17.4 Å². The van der Waals surface area contributed by atoms with Crippen molar-refractivity contribution in [1.29, 1.82) is 0 Å². The second-order valence-corrected chi connectivity index (χ2v) is 3.69. The molecule has 0 saturated carbocycles. The van der Waals surface area contributed by atoms with E-state index in [2.05, 4.69) is 10.2 Å². The van der Waals surface area contributed by atoms with Crippen LogP contribution in [0.4, 0.5) is 5.82 Å². The predicted molar refractivity (Wildman–Crippen MR) is 59.8 cm³/mol. The number of aryl methyl sites for hydroxylation is 1. The van der Waals surface area contributed by atoms with Crippen molar-refractivity contribution in [1.82, 2.24) is 10.2 Å². The summed E-state index contributed by atoms with van der Waals surface area (Å²) < 4.78 is 0. The van der Waals surface area contributed by atoms with Gasteiger partial charge in [0.05, 0.1) is 11.2 Å². The lowest BCUT2D eigenvalue weighted by atomic mass is 10.0. The molecule has 1 aromatic carbocycles. The molecule has 2 rings (SSSR count). The zero-order valence-electron chi connectivity index (χ0n) is 8.08. The molecule has 0 spiro atoms. The molecule has 78 valence electrons. The molecule has 5 heteroatoms. The molecule has 0 aliphatic carbocycles. The Bertz CT molecular complexity index is 507. The topological polar surface area (TPSA) is 74.9 Å². The van der Waals surface area contributed by atoms with Gasteiger partial charge in [0.2, 0.25) is 0 Å².